The molecule has 5 nitrogen and oxygen atoms in total. The van der Waals surface area contributed by atoms with E-state index in [4.69, 9.17) is 0 Å². The summed E-state index contributed by atoms with van der Waals surface area (Å²) in [5.74, 6) is -2.29. The first-order valence-electron chi connectivity index (χ1n) is 8.92. The number of benzene rings is 1. The third-order valence-electron chi connectivity index (χ3n) is 4.17. The van der Waals surface area contributed by atoms with Crippen LogP contribution in [0.2, 0.25) is 0 Å². The average Bonchev–Trinajstić information content (AvgIpc) is 2.99. The molecule has 30 heavy (non-hydrogen) atoms. The van der Waals surface area contributed by atoms with E-state index in [1.807, 2.05) is 6.07 Å². The fourth-order valence-electron chi connectivity index (χ4n) is 2.70. The number of nitrogens with zero attached hydrogens (tertiary/aromatic N) is 3. The van der Waals surface area contributed by atoms with Crippen LogP contribution in [0.4, 0.5) is 8.78 Å². The van der Waals surface area contributed by atoms with Crippen molar-refractivity contribution in [3.8, 4) is 11.8 Å². The highest BCUT2D eigenvalue weighted by molar-refractivity contribution is 7.07. The van der Waals surface area contributed by atoms with E-state index in [2.05, 4.69) is 4.98 Å². The smallest absolute Gasteiger partial charge is 0.273 e. The first kappa shape index (κ1) is 21.3. The number of ketones is 1. The van der Waals surface area contributed by atoms with E-state index in [0.29, 0.717) is 11.8 Å². The maximum Gasteiger partial charge on any atom is 0.273 e. The van der Waals surface area contributed by atoms with Crippen LogP contribution < -0.4 is 14.8 Å². The number of thiazole rings is 1. The van der Waals surface area contributed by atoms with Gasteiger partial charge < -0.3 is 0 Å². The molecule has 1 aromatic carbocycles. The molecule has 0 fully saturated rings. The molecule has 0 aliphatic rings. The Morgan fingerprint density at radius 3 is 2.53 bits per heavy atom. The minimum Gasteiger partial charge on any atom is -0.293 e. The van der Waals surface area contributed by atoms with Crippen molar-refractivity contribution < 1.29 is 13.6 Å². The Kier molecular flexibility index (Phi) is 5.76. The Morgan fingerprint density at radius 2 is 1.97 bits per heavy atom. The zero-order valence-electron chi connectivity index (χ0n) is 16.4. The molecular weight excluding hydrogens is 408 g/mol. The average molecular weight is 425 g/mol. The summed E-state index contributed by atoms with van der Waals surface area (Å²) in [5, 5.41) is 9.69. The molecule has 0 spiro atoms. The minimum atomic E-state index is -0.985. The van der Waals surface area contributed by atoms with Crippen LogP contribution in [-0.4, -0.2) is 15.3 Å². The summed E-state index contributed by atoms with van der Waals surface area (Å²) in [4.78, 5) is 30.1. The van der Waals surface area contributed by atoms with Gasteiger partial charge in [-0.1, -0.05) is 26.8 Å². The second kappa shape index (κ2) is 8.13. The third-order valence-corrected chi connectivity index (χ3v) is 5.27. The van der Waals surface area contributed by atoms with Crippen LogP contribution in [0.1, 0.15) is 26.5 Å². The molecule has 152 valence electrons. The Balaban J connectivity index is 2.48. The van der Waals surface area contributed by atoms with Gasteiger partial charge in [0.1, 0.15) is 27.9 Å². The molecule has 0 atom stereocenters. The predicted octanol–water partition coefficient (Wildman–Crippen LogP) is 2.69. The van der Waals surface area contributed by atoms with Crippen LogP contribution in [0.3, 0.4) is 0 Å². The number of Topliss-reactive ketones (excluding diaryl/α,β-unsaturated/α-hetero) is 1. The number of rotatable bonds is 3. The molecule has 0 N–H and O–H groups in total. The van der Waals surface area contributed by atoms with Crippen molar-refractivity contribution in [1.29, 1.82) is 5.26 Å². The van der Waals surface area contributed by atoms with Crippen molar-refractivity contribution in [2.45, 2.75) is 20.8 Å². The van der Waals surface area contributed by atoms with Crippen molar-refractivity contribution in [2.75, 3.05) is 0 Å². The van der Waals surface area contributed by atoms with Crippen LogP contribution in [0, 0.1) is 28.4 Å². The van der Waals surface area contributed by atoms with Gasteiger partial charge in [0.05, 0.1) is 15.9 Å². The summed E-state index contributed by atoms with van der Waals surface area (Å²) < 4.78 is 29.0. The highest BCUT2D eigenvalue weighted by Crippen LogP contribution is 2.20. The largest absolute Gasteiger partial charge is 0.293 e. The second-order valence-electron chi connectivity index (χ2n) is 7.47. The van der Waals surface area contributed by atoms with Crippen molar-refractivity contribution in [3.05, 3.63) is 79.5 Å². The summed E-state index contributed by atoms with van der Waals surface area (Å²) in [5.41, 5.74) is -1.57. The Labute approximate surface area is 174 Å². The molecule has 0 aliphatic carbocycles. The zero-order chi connectivity index (χ0) is 22.1. The quantitative estimate of drug-likeness (QED) is 0.647. The van der Waals surface area contributed by atoms with Crippen molar-refractivity contribution in [3.63, 3.8) is 0 Å². The summed E-state index contributed by atoms with van der Waals surface area (Å²) in [7, 11) is 0. The number of hydrogen-bond donors (Lipinski definition) is 0. The Hall–Kier alpha value is -3.44. The molecule has 0 amide bonds. The molecule has 0 saturated heterocycles. The van der Waals surface area contributed by atoms with Gasteiger partial charge in [0.2, 0.25) is 0 Å². The number of nitriles is 1. The predicted molar refractivity (Wildman–Crippen MR) is 110 cm³/mol. The molecule has 3 rings (SSSR count). The van der Waals surface area contributed by atoms with Gasteiger partial charge in [-0.2, -0.15) is 5.26 Å². The number of carbonyl (C=O) groups is 1. The van der Waals surface area contributed by atoms with Crippen LogP contribution >= 0.6 is 11.3 Å². The number of halogens is 2. The third kappa shape index (κ3) is 4.11. The molecule has 2 heterocycles. The summed E-state index contributed by atoms with van der Waals surface area (Å²) in [6.07, 6.45) is 3.04. The Bertz CT molecular complexity index is 1340. The fraction of sp³-hybridized carbons (Fsp3) is 0.182. The normalized spacial score (nSPS) is 13.1. The van der Waals surface area contributed by atoms with Gasteiger partial charge in [0, 0.05) is 17.7 Å². The maximum absolute atomic E-state index is 14.5. The molecule has 0 unspecified atom stereocenters. The highest BCUT2D eigenvalue weighted by Gasteiger charge is 2.28. The number of carbonyl (C=O) groups excluding carboxylic acids is 1. The first-order valence-corrected chi connectivity index (χ1v) is 9.74. The molecule has 2 aromatic heterocycles. The lowest BCUT2D eigenvalue weighted by molar-refractivity contribution is -0.120. The molecular formula is C22H17F2N3O2S. The lowest BCUT2D eigenvalue weighted by Gasteiger charge is -2.15. The lowest BCUT2D eigenvalue weighted by Crippen LogP contribution is -2.33. The van der Waals surface area contributed by atoms with Crippen LogP contribution in [0.5, 0.6) is 0 Å². The molecule has 0 saturated carbocycles. The van der Waals surface area contributed by atoms with Crippen LogP contribution in [0.15, 0.2) is 47.4 Å². The summed E-state index contributed by atoms with van der Waals surface area (Å²) in [6.45, 7) is 4.92. The van der Waals surface area contributed by atoms with E-state index >= 15 is 0 Å². The van der Waals surface area contributed by atoms with E-state index < -0.39 is 28.4 Å². The van der Waals surface area contributed by atoms with Gasteiger partial charge in [0.15, 0.2) is 5.78 Å². The van der Waals surface area contributed by atoms with E-state index in [9.17, 15) is 23.6 Å². The maximum atomic E-state index is 14.5. The SMILES string of the molecule is CC(C)(C)C(=O)/C(C#N)=c1\s/c(=C\c2ccccn2)c(=O)n1-c1ccc(F)cc1F. The van der Waals surface area contributed by atoms with Gasteiger partial charge in [0.25, 0.3) is 5.56 Å². The number of hydrogen-bond acceptors (Lipinski definition) is 5. The zero-order valence-corrected chi connectivity index (χ0v) is 17.3. The van der Waals surface area contributed by atoms with E-state index in [1.165, 1.54) is 6.08 Å². The molecule has 0 radical (unpaired) electrons. The van der Waals surface area contributed by atoms with Gasteiger partial charge in [-0.25, -0.2) is 8.78 Å². The number of pyridine rings is 1. The van der Waals surface area contributed by atoms with Crippen LogP contribution in [0.25, 0.3) is 17.3 Å². The molecule has 0 aliphatic heterocycles. The van der Waals surface area contributed by atoms with Crippen molar-refractivity contribution >= 4 is 28.8 Å². The van der Waals surface area contributed by atoms with E-state index in [-0.39, 0.29) is 20.5 Å². The number of aromatic nitrogens is 2. The topological polar surface area (TPSA) is 75.8 Å². The molecule has 0 bridgehead atoms. The van der Waals surface area contributed by atoms with Crippen LogP contribution in [-0.2, 0) is 4.79 Å². The summed E-state index contributed by atoms with van der Waals surface area (Å²) in [6, 6.07) is 9.74. The van der Waals surface area contributed by atoms with Crippen molar-refractivity contribution in [1.82, 2.24) is 9.55 Å². The molecule has 3 aromatic rings. The Morgan fingerprint density at radius 1 is 1.23 bits per heavy atom. The fourth-order valence-corrected chi connectivity index (χ4v) is 3.78. The minimum absolute atomic E-state index is 0.0184. The van der Waals surface area contributed by atoms with Gasteiger partial charge >= 0.3 is 0 Å². The van der Waals surface area contributed by atoms with E-state index in [0.717, 1.165) is 28.0 Å². The van der Waals surface area contributed by atoms with Gasteiger partial charge in [-0.15, -0.1) is 11.3 Å². The monoisotopic (exact) mass is 425 g/mol. The van der Waals surface area contributed by atoms with Gasteiger partial charge in [-0.3, -0.25) is 19.1 Å². The first-order chi connectivity index (χ1) is 14.1. The second-order valence-corrected chi connectivity index (χ2v) is 8.50. The summed E-state index contributed by atoms with van der Waals surface area (Å²) >= 11 is 0.880. The van der Waals surface area contributed by atoms with Gasteiger partial charge in [-0.05, 0) is 30.3 Å². The molecule has 8 heteroatoms. The van der Waals surface area contributed by atoms with Crippen molar-refractivity contribution in [2.24, 2.45) is 5.41 Å². The van der Waals surface area contributed by atoms with E-state index in [1.54, 1.807) is 45.2 Å². The lowest BCUT2D eigenvalue weighted by atomic mass is 9.87. The highest BCUT2D eigenvalue weighted by atomic mass is 32.1. The standard InChI is InChI=1S/C22H17F2N3O2S/c1-22(2,3)19(28)15(12-25)21-27(17-8-7-13(23)10-16(17)24)20(29)18(30-21)11-14-6-4-5-9-26-14/h4-11H,1-3H3/b18-11-,21-15-.